The predicted molar refractivity (Wildman–Crippen MR) is 76.6 cm³/mol. The predicted octanol–water partition coefficient (Wildman–Crippen LogP) is 2.83. The second kappa shape index (κ2) is 7.36. The third-order valence-electron chi connectivity index (χ3n) is 2.90. The van der Waals surface area contributed by atoms with Crippen LogP contribution in [0.5, 0.6) is 0 Å². The van der Waals surface area contributed by atoms with Gasteiger partial charge in [-0.3, -0.25) is 0 Å². The van der Waals surface area contributed by atoms with Crippen molar-refractivity contribution in [2.24, 2.45) is 0 Å². The quantitative estimate of drug-likeness (QED) is 0.811. The maximum atomic E-state index is 13.6. The van der Waals surface area contributed by atoms with Gasteiger partial charge in [-0.2, -0.15) is 0 Å². The molecule has 0 aliphatic heterocycles. The number of halogens is 2. The van der Waals surface area contributed by atoms with Crippen LogP contribution in [-0.2, 0) is 16.6 Å². The highest BCUT2D eigenvalue weighted by Crippen LogP contribution is 2.24. The Labute approximate surface area is 124 Å². The summed E-state index contributed by atoms with van der Waals surface area (Å²) in [5, 5.41) is 8.81. The minimum absolute atomic E-state index is 0.0493. The van der Waals surface area contributed by atoms with Crippen molar-refractivity contribution in [3.8, 4) is 0 Å². The summed E-state index contributed by atoms with van der Waals surface area (Å²) in [7, 11) is -3.82. The van der Waals surface area contributed by atoms with Gasteiger partial charge in [0.05, 0.1) is 16.5 Å². The van der Waals surface area contributed by atoms with Crippen molar-refractivity contribution in [3.05, 3.63) is 28.5 Å². The molecule has 1 rings (SSSR count). The molecule has 20 heavy (non-hydrogen) atoms. The van der Waals surface area contributed by atoms with Crippen LogP contribution in [0, 0.1) is 5.82 Å². The molecule has 0 fully saturated rings. The molecule has 0 amide bonds. The van der Waals surface area contributed by atoms with Crippen molar-refractivity contribution >= 4 is 21.6 Å². The molecule has 1 aromatic carbocycles. The van der Waals surface area contributed by atoms with E-state index in [0.717, 1.165) is 18.9 Å². The highest BCUT2D eigenvalue weighted by Gasteiger charge is 2.20. The Morgan fingerprint density at radius 1 is 1.45 bits per heavy atom. The summed E-state index contributed by atoms with van der Waals surface area (Å²) < 4.78 is 40.3. The summed E-state index contributed by atoms with van der Waals surface area (Å²) in [4.78, 5) is -0.230. The van der Waals surface area contributed by atoms with Crippen LogP contribution in [0.15, 0.2) is 17.0 Å². The van der Waals surface area contributed by atoms with Gasteiger partial charge in [0.2, 0.25) is 10.0 Å². The van der Waals surface area contributed by atoms with E-state index in [4.69, 9.17) is 16.7 Å². The first-order valence-electron chi connectivity index (χ1n) is 6.43. The van der Waals surface area contributed by atoms with Crippen LogP contribution in [0.1, 0.15) is 38.7 Å². The van der Waals surface area contributed by atoms with Crippen LogP contribution in [0.4, 0.5) is 4.39 Å². The van der Waals surface area contributed by atoms with Gasteiger partial charge in [0.15, 0.2) is 0 Å². The molecule has 1 aromatic rings. The first kappa shape index (κ1) is 17.4. The van der Waals surface area contributed by atoms with Gasteiger partial charge < -0.3 is 5.11 Å². The maximum Gasteiger partial charge on any atom is 0.240 e. The number of sulfonamides is 1. The fourth-order valence-corrected chi connectivity index (χ4v) is 3.30. The molecule has 0 saturated carbocycles. The molecular formula is C13H19ClFNO3S. The summed E-state index contributed by atoms with van der Waals surface area (Å²) in [6.07, 6.45) is 2.58. The first-order valence-corrected chi connectivity index (χ1v) is 8.29. The minimum Gasteiger partial charge on any atom is -0.392 e. The van der Waals surface area contributed by atoms with E-state index in [0.29, 0.717) is 6.42 Å². The van der Waals surface area contributed by atoms with Gasteiger partial charge in [-0.15, -0.1) is 0 Å². The number of rotatable bonds is 7. The van der Waals surface area contributed by atoms with Gasteiger partial charge in [0, 0.05) is 11.6 Å². The number of aliphatic hydroxyl groups is 1. The number of aliphatic hydroxyl groups excluding tert-OH is 1. The molecule has 0 radical (unpaired) electrons. The summed E-state index contributed by atoms with van der Waals surface area (Å²) in [6, 6.07) is 1.80. The third kappa shape index (κ3) is 4.41. The molecule has 0 aliphatic carbocycles. The lowest BCUT2D eigenvalue weighted by atomic mass is 10.2. The lowest BCUT2D eigenvalue weighted by Gasteiger charge is -2.15. The molecule has 0 aliphatic rings. The van der Waals surface area contributed by atoms with Gasteiger partial charge in [-0.25, -0.2) is 17.5 Å². The van der Waals surface area contributed by atoms with E-state index >= 15 is 0 Å². The monoisotopic (exact) mass is 323 g/mol. The maximum absolute atomic E-state index is 13.6. The van der Waals surface area contributed by atoms with E-state index in [1.165, 1.54) is 6.07 Å². The molecule has 7 heteroatoms. The van der Waals surface area contributed by atoms with Crippen LogP contribution in [-0.4, -0.2) is 19.6 Å². The Hall–Kier alpha value is -0.690. The highest BCUT2D eigenvalue weighted by atomic mass is 35.5. The fourth-order valence-electron chi connectivity index (χ4n) is 1.79. The number of hydrogen-bond acceptors (Lipinski definition) is 3. The molecule has 114 valence electrons. The number of unbranched alkanes of at least 4 members (excludes halogenated alkanes) is 1. The van der Waals surface area contributed by atoms with Crippen LogP contribution >= 0.6 is 11.6 Å². The topological polar surface area (TPSA) is 66.4 Å². The Balaban J connectivity index is 3.01. The van der Waals surface area contributed by atoms with Crippen molar-refractivity contribution in [1.29, 1.82) is 0 Å². The van der Waals surface area contributed by atoms with E-state index in [9.17, 15) is 12.8 Å². The Morgan fingerprint density at radius 3 is 2.65 bits per heavy atom. The molecule has 2 N–H and O–H groups in total. The Bertz CT molecular complexity index is 563. The van der Waals surface area contributed by atoms with Crippen molar-refractivity contribution in [1.82, 2.24) is 4.72 Å². The van der Waals surface area contributed by atoms with Crippen molar-refractivity contribution in [2.45, 2.75) is 50.7 Å². The van der Waals surface area contributed by atoms with E-state index in [-0.39, 0.29) is 21.5 Å². The molecule has 0 saturated heterocycles. The lowest BCUT2D eigenvalue weighted by Crippen LogP contribution is -2.32. The fraction of sp³-hybridized carbons (Fsp3) is 0.538. The molecule has 0 bridgehead atoms. The minimum atomic E-state index is -3.82. The zero-order chi connectivity index (χ0) is 15.3. The Kier molecular flexibility index (Phi) is 6.39. The zero-order valence-corrected chi connectivity index (χ0v) is 13.1. The molecule has 4 nitrogen and oxygen atoms in total. The average molecular weight is 324 g/mol. The second-order valence-corrected chi connectivity index (χ2v) is 6.79. The first-order chi connectivity index (χ1) is 9.31. The lowest BCUT2D eigenvalue weighted by molar-refractivity contribution is 0.281. The van der Waals surface area contributed by atoms with E-state index in [1.54, 1.807) is 6.92 Å². The van der Waals surface area contributed by atoms with Crippen molar-refractivity contribution in [3.63, 3.8) is 0 Å². The van der Waals surface area contributed by atoms with Gasteiger partial charge in [0.1, 0.15) is 5.82 Å². The number of nitrogens with one attached hydrogen (secondary N) is 1. The Morgan fingerprint density at radius 2 is 2.10 bits per heavy atom. The molecule has 1 atom stereocenters. The van der Waals surface area contributed by atoms with Crippen LogP contribution in [0.25, 0.3) is 0 Å². The zero-order valence-electron chi connectivity index (χ0n) is 11.5. The average Bonchev–Trinajstić information content (AvgIpc) is 2.38. The highest BCUT2D eigenvalue weighted by molar-refractivity contribution is 7.89. The van der Waals surface area contributed by atoms with Crippen molar-refractivity contribution in [2.75, 3.05) is 0 Å². The largest absolute Gasteiger partial charge is 0.392 e. The van der Waals surface area contributed by atoms with Gasteiger partial charge >= 0.3 is 0 Å². The molecule has 0 heterocycles. The smallest absolute Gasteiger partial charge is 0.240 e. The van der Waals surface area contributed by atoms with E-state index in [2.05, 4.69) is 4.72 Å². The molecular weight excluding hydrogens is 305 g/mol. The normalized spacial score (nSPS) is 13.4. The summed E-state index contributed by atoms with van der Waals surface area (Å²) in [5.74, 6) is -0.861. The third-order valence-corrected chi connectivity index (χ3v) is 4.90. The van der Waals surface area contributed by atoms with Crippen LogP contribution < -0.4 is 4.72 Å². The summed E-state index contributed by atoms with van der Waals surface area (Å²) in [5.41, 5.74) is 0.0493. The SMILES string of the molecule is CCCCC(C)NS(=O)(=O)c1cc(F)c(Cl)c(CO)c1. The van der Waals surface area contributed by atoms with Gasteiger partial charge in [-0.1, -0.05) is 31.4 Å². The van der Waals surface area contributed by atoms with Crippen molar-refractivity contribution < 1.29 is 17.9 Å². The number of hydrogen-bond donors (Lipinski definition) is 2. The number of benzene rings is 1. The second-order valence-electron chi connectivity index (χ2n) is 4.70. The van der Waals surface area contributed by atoms with E-state index < -0.39 is 22.4 Å². The van der Waals surface area contributed by atoms with Crippen LogP contribution in [0.3, 0.4) is 0 Å². The molecule has 1 unspecified atom stereocenters. The van der Waals surface area contributed by atoms with Crippen LogP contribution in [0.2, 0.25) is 5.02 Å². The van der Waals surface area contributed by atoms with E-state index in [1.807, 2.05) is 6.92 Å². The molecule has 0 spiro atoms. The summed E-state index contributed by atoms with van der Waals surface area (Å²) in [6.45, 7) is 3.25. The van der Waals surface area contributed by atoms with Gasteiger partial charge in [-0.05, 0) is 25.5 Å². The standard InChI is InChI=1S/C13H19ClFNO3S/c1-3-4-5-9(2)16-20(18,19)11-6-10(8-17)13(14)12(15)7-11/h6-7,9,16-17H,3-5,8H2,1-2H3. The summed E-state index contributed by atoms with van der Waals surface area (Å²) >= 11 is 5.64. The van der Waals surface area contributed by atoms with Gasteiger partial charge in [0.25, 0.3) is 0 Å². The molecule has 0 aromatic heterocycles.